The Bertz CT molecular complexity index is 2100. The van der Waals surface area contributed by atoms with Gasteiger partial charge >= 0.3 is 0 Å². The average molecular weight is 757 g/mol. The Hall–Kier alpha value is -5.31. The summed E-state index contributed by atoms with van der Waals surface area (Å²) in [6, 6.07) is 12.2. The molecule has 3 aliphatic heterocycles. The molecule has 282 valence electrons. The molecule has 3 aliphatic rings. The Morgan fingerprint density at radius 2 is 1.76 bits per heavy atom. The number of hydrogen-bond donors (Lipinski definition) is 2. The van der Waals surface area contributed by atoms with Crippen LogP contribution in [0, 0.1) is 0 Å². The SMILES string of the molecule is CCc1c[nH]c2ncc(-c3cccc(N4CCN(C(=O)CCOCCOCCOc5cccc6c5CN(C5CCC(=O)NC5=O)C6=O)CC4=O)c3)c(Cl)c12. The van der Waals surface area contributed by atoms with Crippen molar-refractivity contribution >= 4 is 57.9 Å². The van der Waals surface area contributed by atoms with Gasteiger partial charge in [0.15, 0.2) is 0 Å². The van der Waals surface area contributed by atoms with E-state index in [4.69, 9.17) is 25.8 Å². The van der Waals surface area contributed by atoms with Crippen molar-refractivity contribution in [1.29, 1.82) is 0 Å². The van der Waals surface area contributed by atoms with E-state index in [0.29, 0.717) is 48.0 Å². The number of pyridine rings is 1. The number of piperidine rings is 1. The lowest BCUT2D eigenvalue weighted by atomic mass is 10.0. The maximum absolute atomic E-state index is 13.2. The highest BCUT2D eigenvalue weighted by atomic mass is 35.5. The number of fused-ring (bicyclic) bond motifs is 2. The topological polar surface area (TPSA) is 163 Å². The molecule has 14 nitrogen and oxygen atoms in total. The van der Waals surface area contributed by atoms with E-state index in [1.807, 2.05) is 30.5 Å². The van der Waals surface area contributed by atoms with Crippen molar-refractivity contribution < 1.29 is 38.2 Å². The lowest BCUT2D eigenvalue weighted by molar-refractivity contribution is -0.138. The number of piperazine rings is 1. The number of nitrogens with one attached hydrogen (secondary N) is 2. The largest absolute Gasteiger partial charge is 0.491 e. The number of anilines is 1. The van der Waals surface area contributed by atoms with E-state index < -0.39 is 11.9 Å². The Kier molecular flexibility index (Phi) is 11.2. The predicted octanol–water partition coefficient (Wildman–Crippen LogP) is 3.88. The zero-order valence-corrected chi connectivity index (χ0v) is 30.7. The van der Waals surface area contributed by atoms with Crippen LogP contribution in [-0.2, 0) is 41.6 Å². The van der Waals surface area contributed by atoms with Gasteiger partial charge in [0.05, 0.1) is 44.4 Å². The number of nitrogens with zero attached hydrogens (tertiary/aromatic N) is 4. The molecule has 0 bridgehead atoms. The molecule has 2 aromatic heterocycles. The zero-order valence-electron chi connectivity index (χ0n) is 29.9. The molecule has 5 heterocycles. The molecule has 15 heteroatoms. The molecule has 0 aliphatic carbocycles. The van der Waals surface area contributed by atoms with E-state index in [1.165, 1.54) is 4.90 Å². The van der Waals surface area contributed by atoms with Crippen LogP contribution in [0.25, 0.3) is 22.2 Å². The third-order valence-corrected chi connectivity index (χ3v) is 10.4. The number of H-pyrrole nitrogens is 1. The molecule has 2 fully saturated rings. The van der Waals surface area contributed by atoms with E-state index in [2.05, 4.69) is 22.2 Å². The van der Waals surface area contributed by atoms with Crippen molar-refractivity contribution in [3.63, 3.8) is 0 Å². The van der Waals surface area contributed by atoms with Crippen molar-refractivity contribution in [2.45, 2.75) is 45.2 Å². The molecule has 4 aromatic rings. The van der Waals surface area contributed by atoms with Crippen LogP contribution in [0.15, 0.2) is 54.9 Å². The number of hydrogen-bond acceptors (Lipinski definition) is 9. The van der Waals surface area contributed by atoms with Gasteiger partial charge in [0.25, 0.3) is 5.91 Å². The molecule has 1 unspecified atom stereocenters. The Morgan fingerprint density at radius 1 is 0.963 bits per heavy atom. The first kappa shape index (κ1) is 37.0. The summed E-state index contributed by atoms with van der Waals surface area (Å²) in [5, 5.41) is 3.83. The molecule has 0 spiro atoms. The summed E-state index contributed by atoms with van der Waals surface area (Å²) in [6.07, 6.45) is 5.11. The molecule has 0 saturated carbocycles. The number of benzene rings is 2. The quantitative estimate of drug-likeness (QED) is 0.144. The van der Waals surface area contributed by atoms with Crippen LogP contribution in [0.4, 0.5) is 5.69 Å². The monoisotopic (exact) mass is 756 g/mol. The smallest absolute Gasteiger partial charge is 0.255 e. The molecule has 2 N–H and O–H groups in total. The van der Waals surface area contributed by atoms with Gasteiger partial charge in [-0.05, 0) is 48.2 Å². The van der Waals surface area contributed by atoms with E-state index >= 15 is 0 Å². The molecule has 2 aromatic carbocycles. The van der Waals surface area contributed by atoms with Crippen LogP contribution in [0.5, 0.6) is 5.75 Å². The van der Waals surface area contributed by atoms with E-state index in [1.54, 1.807) is 34.2 Å². The lowest BCUT2D eigenvalue weighted by Gasteiger charge is -2.34. The predicted molar refractivity (Wildman–Crippen MR) is 199 cm³/mol. The third kappa shape index (κ3) is 7.68. The normalized spacial score (nSPS) is 17.4. The van der Waals surface area contributed by atoms with Crippen molar-refractivity contribution in [3.8, 4) is 16.9 Å². The highest BCUT2D eigenvalue weighted by Crippen LogP contribution is 2.37. The number of aryl methyl sites for hydroxylation is 1. The fraction of sp³-hybridized carbons (Fsp3) is 0.385. The van der Waals surface area contributed by atoms with E-state index in [0.717, 1.165) is 39.8 Å². The number of amides is 5. The summed E-state index contributed by atoms with van der Waals surface area (Å²) in [7, 11) is 0. The first-order valence-corrected chi connectivity index (χ1v) is 18.5. The first-order chi connectivity index (χ1) is 26.2. The molecular formula is C39H41ClN6O8. The average Bonchev–Trinajstić information content (AvgIpc) is 3.75. The van der Waals surface area contributed by atoms with Gasteiger partial charge in [-0.1, -0.05) is 36.7 Å². The second-order valence-electron chi connectivity index (χ2n) is 13.3. The van der Waals surface area contributed by atoms with Gasteiger partial charge in [0, 0.05) is 59.7 Å². The van der Waals surface area contributed by atoms with Crippen LogP contribution >= 0.6 is 11.6 Å². The fourth-order valence-corrected chi connectivity index (χ4v) is 7.51. The van der Waals surface area contributed by atoms with Gasteiger partial charge < -0.3 is 33.9 Å². The number of imide groups is 1. The standard InChI is InChI=1S/C39H41ClN6O8/c1-2-24-20-41-37-35(24)36(40)28(21-42-37)25-5-3-6-26(19-25)45-13-12-44(23-34(45)49)33(48)11-14-52-15-16-53-17-18-54-31-8-4-7-27-29(31)22-46(39(27)51)30-9-10-32(47)43-38(30)50/h3-8,19-21,30H,2,9-18,22-23H2,1H3,(H,41,42)(H,43,47,50). The molecule has 7 rings (SSSR count). The van der Waals surface area contributed by atoms with Crippen LogP contribution in [0.1, 0.15) is 47.7 Å². The number of ether oxygens (including phenoxy) is 3. The summed E-state index contributed by atoms with van der Waals surface area (Å²) >= 11 is 6.85. The third-order valence-electron chi connectivity index (χ3n) is 10.00. The number of rotatable bonds is 14. The van der Waals surface area contributed by atoms with Gasteiger partial charge in [0.1, 0.15) is 30.6 Å². The summed E-state index contributed by atoms with van der Waals surface area (Å²) in [5.41, 5.74) is 5.39. The second kappa shape index (κ2) is 16.4. The number of aromatic amines is 1. The molecule has 1 atom stereocenters. The van der Waals surface area contributed by atoms with Crippen molar-refractivity contribution in [3.05, 3.63) is 76.6 Å². The summed E-state index contributed by atoms with van der Waals surface area (Å²) < 4.78 is 17.1. The lowest BCUT2D eigenvalue weighted by Crippen LogP contribution is -2.52. The molecule has 2 saturated heterocycles. The Labute approximate surface area is 316 Å². The Morgan fingerprint density at radius 3 is 2.56 bits per heavy atom. The summed E-state index contributed by atoms with van der Waals surface area (Å²) in [6.45, 7) is 4.33. The van der Waals surface area contributed by atoms with Gasteiger partial charge in [-0.3, -0.25) is 29.3 Å². The van der Waals surface area contributed by atoms with Crippen LogP contribution < -0.4 is 15.0 Å². The summed E-state index contributed by atoms with van der Waals surface area (Å²) in [5.74, 6) is -0.827. The zero-order chi connectivity index (χ0) is 37.8. The number of carbonyl (C=O) groups excluding carboxylic acids is 5. The minimum absolute atomic E-state index is 0.0165. The fourth-order valence-electron chi connectivity index (χ4n) is 7.14. The molecule has 0 radical (unpaired) electrons. The minimum atomic E-state index is -0.693. The van der Waals surface area contributed by atoms with Gasteiger partial charge in [0.2, 0.25) is 23.6 Å². The van der Waals surface area contributed by atoms with E-state index in [-0.39, 0.29) is 76.0 Å². The molecule has 5 amide bonds. The van der Waals surface area contributed by atoms with Gasteiger partial charge in [-0.2, -0.15) is 0 Å². The first-order valence-electron chi connectivity index (χ1n) is 18.1. The number of aromatic nitrogens is 2. The number of carbonyl (C=O) groups is 5. The maximum atomic E-state index is 13.2. The molecule has 54 heavy (non-hydrogen) atoms. The molecular weight excluding hydrogens is 716 g/mol. The second-order valence-corrected chi connectivity index (χ2v) is 13.7. The number of halogens is 1. The maximum Gasteiger partial charge on any atom is 0.255 e. The summed E-state index contributed by atoms with van der Waals surface area (Å²) in [4.78, 5) is 75.5. The van der Waals surface area contributed by atoms with Gasteiger partial charge in [-0.25, -0.2) is 4.98 Å². The highest BCUT2D eigenvalue weighted by molar-refractivity contribution is 6.38. The van der Waals surface area contributed by atoms with Crippen molar-refractivity contribution in [2.75, 3.05) is 57.6 Å². The van der Waals surface area contributed by atoms with Crippen LogP contribution in [0.2, 0.25) is 5.02 Å². The van der Waals surface area contributed by atoms with E-state index in [9.17, 15) is 24.0 Å². The van der Waals surface area contributed by atoms with Crippen molar-refractivity contribution in [2.24, 2.45) is 0 Å². The minimum Gasteiger partial charge on any atom is -0.491 e. The van der Waals surface area contributed by atoms with Crippen molar-refractivity contribution in [1.82, 2.24) is 25.1 Å². The van der Waals surface area contributed by atoms with Crippen LogP contribution in [-0.4, -0.2) is 108 Å². The van der Waals surface area contributed by atoms with Crippen LogP contribution in [0.3, 0.4) is 0 Å². The highest BCUT2D eigenvalue weighted by Gasteiger charge is 2.40. The van der Waals surface area contributed by atoms with Gasteiger partial charge in [-0.15, -0.1) is 0 Å². The Balaban J connectivity index is 0.804.